The predicted octanol–water partition coefficient (Wildman–Crippen LogP) is 1.30. The molecule has 1 saturated heterocycles. The zero-order valence-electron chi connectivity index (χ0n) is 10.7. The van der Waals surface area contributed by atoms with Crippen LogP contribution in [0.15, 0.2) is 0 Å². The van der Waals surface area contributed by atoms with Gasteiger partial charge in [0, 0.05) is 6.04 Å². The number of carbonyl (C=O) groups is 2. The Balaban J connectivity index is 2.09. The predicted molar refractivity (Wildman–Crippen MR) is 65.4 cm³/mol. The van der Waals surface area contributed by atoms with Gasteiger partial charge >= 0.3 is 0 Å². The second-order valence-corrected chi connectivity index (χ2v) is 5.35. The molecule has 2 amide bonds. The van der Waals surface area contributed by atoms with Crippen LogP contribution < -0.4 is 5.32 Å². The molecule has 3 atom stereocenters. The van der Waals surface area contributed by atoms with Crippen LogP contribution in [-0.4, -0.2) is 35.3 Å². The fourth-order valence-corrected chi connectivity index (χ4v) is 3.09. The highest BCUT2D eigenvalue weighted by Crippen LogP contribution is 2.30. The summed E-state index contributed by atoms with van der Waals surface area (Å²) in [4.78, 5) is 25.8. The van der Waals surface area contributed by atoms with Crippen LogP contribution in [-0.2, 0) is 9.59 Å². The van der Waals surface area contributed by atoms with E-state index in [4.69, 9.17) is 0 Å². The molecule has 0 aromatic rings. The van der Waals surface area contributed by atoms with Gasteiger partial charge in [0.25, 0.3) is 0 Å². The highest BCUT2D eigenvalue weighted by Gasteiger charge is 2.39. The van der Waals surface area contributed by atoms with E-state index in [0.717, 1.165) is 19.3 Å². The molecule has 17 heavy (non-hydrogen) atoms. The molecule has 4 heteroatoms. The molecule has 1 aliphatic carbocycles. The van der Waals surface area contributed by atoms with Crippen molar-refractivity contribution in [3.05, 3.63) is 0 Å². The van der Waals surface area contributed by atoms with Crippen LogP contribution in [0.5, 0.6) is 0 Å². The standard InChI is InChI=1S/C13H22N2O2/c1-3-5-10-13(17)15(8-12(16)14-10)11-7-4-6-9(11)2/h9-11H,3-8H2,1-2H3,(H,14,16). The fourth-order valence-electron chi connectivity index (χ4n) is 3.09. The summed E-state index contributed by atoms with van der Waals surface area (Å²) >= 11 is 0. The van der Waals surface area contributed by atoms with Crippen molar-refractivity contribution in [3.63, 3.8) is 0 Å². The molecule has 0 aromatic carbocycles. The summed E-state index contributed by atoms with van der Waals surface area (Å²) in [5.74, 6) is 0.666. The smallest absolute Gasteiger partial charge is 0.245 e. The summed E-state index contributed by atoms with van der Waals surface area (Å²) in [7, 11) is 0. The van der Waals surface area contributed by atoms with Crippen LogP contribution in [0.1, 0.15) is 46.0 Å². The van der Waals surface area contributed by atoms with E-state index in [1.54, 1.807) is 0 Å². The number of amides is 2. The van der Waals surface area contributed by atoms with Gasteiger partial charge in [-0.15, -0.1) is 0 Å². The van der Waals surface area contributed by atoms with Crippen molar-refractivity contribution in [1.29, 1.82) is 0 Å². The Hall–Kier alpha value is -1.06. The molecule has 0 aromatic heterocycles. The Morgan fingerprint density at radius 2 is 2.12 bits per heavy atom. The second kappa shape index (κ2) is 5.07. The quantitative estimate of drug-likeness (QED) is 0.805. The lowest BCUT2D eigenvalue weighted by Gasteiger charge is -2.38. The molecular weight excluding hydrogens is 216 g/mol. The van der Waals surface area contributed by atoms with Gasteiger partial charge in [-0.05, 0) is 25.2 Å². The van der Waals surface area contributed by atoms with Gasteiger partial charge in [0.05, 0.1) is 6.54 Å². The van der Waals surface area contributed by atoms with Gasteiger partial charge in [0.1, 0.15) is 6.04 Å². The van der Waals surface area contributed by atoms with Crippen LogP contribution in [0.2, 0.25) is 0 Å². The lowest BCUT2D eigenvalue weighted by Crippen LogP contribution is -2.60. The molecule has 2 rings (SSSR count). The van der Waals surface area contributed by atoms with E-state index in [1.807, 2.05) is 11.8 Å². The third-order valence-electron chi connectivity index (χ3n) is 4.02. The zero-order valence-corrected chi connectivity index (χ0v) is 10.7. The first-order valence-electron chi connectivity index (χ1n) is 6.73. The summed E-state index contributed by atoms with van der Waals surface area (Å²) < 4.78 is 0. The van der Waals surface area contributed by atoms with Crippen molar-refractivity contribution < 1.29 is 9.59 Å². The molecule has 1 saturated carbocycles. The minimum absolute atomic E-state index is 0.00199. The molecule has 1 heterocycles. The van der Waals surface area contributed by atoms with Gasteiger partial charge in [0.2, 0.25) is 11.8 Å². The maximum Gasteiger partial charge on any atom is 0.245 e. The van der Waals surface area contributed by atoms with Crippen molar-refractivity contribution in [2.75, 3.05) is 6.54 Å². The molecule has 4 nitrogen and oxygen atoms in total. The van der Waals surface area contributed by atoms with Gasteiger partial charge in [0.15, 0.2) is 0 Å². The van der Waals surface area contributed by atoms with E-state index in [9.17, 15) is 9.59 Å². The SMILES string of the molecule is CCCC1NC(=O)CN(C2CCCC2C)C1=O. The monoisotopic (exact) mass is 238 g/mol. The Kier molecular flexibility index (Phi) is 3.69. The van der Waals surface area contributed by atoms with Crippen molar-refractivity contribution in [3.8, 4) is 0 Å². The van der Waals surface area contributed by atoms with Gasteiger partial charge < -0.3 is 10.2 Å². The molecule has 0 bridgehead atoms. The average molecular weight is 238 g/mol. The molecule has 0 radical (unpaired) electrons. The summed E-state index contributed by atoms with van der Waals surface area (Å²) in [6, 6.07) is 0.00181. The van der Waals surface area contributed by atoms with Gasteiger partial charge in [-0.1, -0.05) is 26.7 Å². The molecule has 3 unspecified atom stereocenters. The van der Waals surface area contributed by atoms with Crippen molar-refractivity contribution >= 4 is 11.8 Å². The summed E-state index contributed by atoms with van der Waals surface area (Å²) in [6.07, 6.45) is 5.08. The summed E-state index contributed by atoms with van der Waals surface area (Å²) in [6.45, 7) is 4.48. The molecular formula is C13H22N2O2. The molecule has 96 valence electrons. The maximum absolute atomic E-state index is 12.3. The molecule has 0 spiro atoms. The van der Waals surface area contributed by atoms with Gasteiger partial charge in [-0.2, -0.15) is 0 Å². The minimum Gasteiger partial charge on any atom is -0.343 e. The van der Waals surface area contributed by atoms with E-state index in [0.29, 0.717) is 5.92 Å². The van der Waals surface area contributed by atoms with Crippen molar-refractivity contribution in [1.82, 2.24) is 10.2 Å². The average Bonchev–Trinajstić information content (AvgIpc) is 2.70. The molecule has 2 fully saturated rings. The summed E-state index contributed by atoms with van der Waals surface area (Å²) in [5.41, 5.74) is 0. The second-order valence-electron chi connectivity index (χ2n) is 5.35. The first-order chi connectivity index (χ1) is 8.13. The lowest BCUT2D eigenvalue weighted by molar-refractivity contribution is -0.147. The van der Waals surface area contributed by atoms with E-state index in [1.165, 1.54) is 12.8 Å². The number of hydrogen-bond donors (Lipinski definition) is 1. The normalized spacial score (nSPS) is 34.0. The van der Waals surface area contributed by atoms with Crippen LogP contribution in [0.4, 0.5) is 0 Å². The van der Waals surface area contributed by atoms with Crippen LogP contribution >= 0.6 is 0 Å². The number of rotatable bonds is 3. The van der Waals surface area contributed by atoms with Crippen molar-refractivity contribution in [2.45, 2.75) is 58.0 Å². The highest BCUT2D eigenvalue weighted by molar-refractivity contribution is 5.95. The maximum atomic E-state index is 12.3. The number of piperazine rings is 1. The van der Waals surface area contributed by atoms with E-state index < -0.39 is 0 Å². The van der Waals surface area contributed by atoms with Gasteiger partial charge in [-0.25, -0.2) is 0 Å². The third-order valence-corrected chi connectivity index (χ3v) is 4.02. The topological polar surface area (TPSA) is 49.4 Å². The Bertz CT molecular complexity index is 317. The molecule has 1 aliphatic heterocycles. The highest BCUT2D eigenvalue weighted by atomic mass is 16.2. The lowest BCUT2D eigenvalue weighted by atomic mass is 10.0. The number of nitrogens with zero attached hydrogens (tertiary/aromatic N) is 1. The van der Waals surface area contributed by atoms with Crippen LogP contribution in [0.3, 0.4) is 0 Å². The Labute approximate surface area is 103 Å². The first kappa shape index (κ1) is 12.4. The molecule has 1 N–H and O–H groups in total. The Morgan fingerprint density at radius 3 is 2.71 bits per heavy atom. The van der Waals surface area contributed by atoms with E-state index in [2.05, 4.69) is 12.2 Å². The number of carbonyl (C=O) groups excluding carboxylic acids is 2. The zero-order chi connectivity index (χ0) is 12.4. The van der Waals surface area contributed by atoms with Crippen molar-refractivity contribution in [2.24, 2.45) is 5.92 Å². The van der Waals surface area contributed by atoms with E-state index >= 15 is 0 Å². The van der Waals surface area contributed by atoms with Crippen LogP contribution in [0, 0.1) is 5.92 Å². The largest absolute Gasteiger partial charge is 0.343 e. The number of nitrogens with one attached hydrogen (secondary N) is 1. The molecule has 2 aliphatic rings. The fraction of sp³-hybridized carbons (Fsp3) is 0.846. The minimum atomic E-state index is -0.283. The number of hydrogen-bond acceptors (Lipinski definition) is 2. The van der Waals surface area contributed by atoms with Crippen LogP contribution in [0.25, 0.3) is 0 Å². The Morgan fingerprint density at radius 1 is 1.35 bits per heavy atom. The first-order valence-corrected chi connectivity index (χ1v) is 6.73. The summed E-state index contributed by atoms with van der Waals surface area (Å²) in [5, 5.41) is 2.81. The third kappa shape index (κ3) is 2.45. The van der Waals surface area contributed by atoms with E-state index in [-0.39, 0.29) is 30.4 Å². The van der Waals surface area contributed by atoms with Gasteiger partial charge in [-0.3, -0.25) is 9.59 Å².